The Balaban J connectivity index is 2.02. The molecule has 0 aliphatic carbocycles. The Hall–Kier alpha value is -1.94. The molecule has 2 aromatic rings. The largest absolute Gasteiger partial charge is 0.491 e. The molecular weight excluding hydrogens is 282 g/mol. The second kappa shape index (κ2) is 7.18. The zero-order chi connectivity index (χ0) is 15.2. The van der Waals surface area contributed by atoms with Crippen LogP contribution in [0.2, 0.25) is 0 Å². The summed E-state index contributed by atoms with van der Waals surface area (Å²) < 4.78 is 5.56. The van der Waals surface area contributed by atoms with Gasteiger partial charge in [0.25, 0.3) is 5.91 Å². The predicted octanol–water partition coefficient (Wildman–Crippen LogP) is 4.45. The Kier molecular flexibility index (Phi) is 5.28. The van der Waals surface area contributed by atoms with Gasteiger partial charge in [0.15, 0.2) is 0 Å². The fourth-order valence-electron chi connectivity index (χ4n) is 1.83. The van der Waals surface area contributed by atoms with E-state index in [-0.39, 0.29) is 12.0 Å². The predicted molar refractivity (Wildman–Crippen MR) is 88.4 cm³/mol. The maximum absolute atomic E-state index is 12.1. The lowest BCUT2D eigenvalue weighted by atomic mass is 10.2. The molecule has 4 heteroatoms. The zero-order valence-electron chi connectivity index (χ0n) is 12.4. The van der Waals surface area contributed by atoms with Crippen LogP contribution in [0.1, 0.15) is 24.2 Å². The van der Waals surface area contributed by atoms with Crippen LogP contribution < -0.4 is 10.1 Å². The summed E-state index contributed by atoms with van der Waals surface area (Å²) >= 11 is 1.67. The molecule has 1 amide bonds. The number of benzene rings is 2. The molecule has 2 rings (SSSR count). The van der Waals surface area contributed by atoms with Crippen molar-refractivity contribution in [3.05, 3.63) is 54.1 Å². The quantitative estimate of drug-likeness (QED) is 0.829. The van der Waals surface area contributed by atoms with E-state index in [2.05, 4.69) is 5.32 Å². The number of thioether (sulfide) groups is 1. The van der Waals surface area contributed by atoms with Crippen LogP contribution in [0, 0.1) is 0 Å². The third-order valence-corrected chi connectivity index (χ3v) is 3.58. The van der Waals surface area contributed by atoms with E-state index in [0.717, 1.165) is 11.4 Å². The highest BCUT2D eigenvalue weighted by atomic mass is 32.2. The number of anilines is 1. The topological polar surface area (TPSA) is 38.3 Å². The summed E-state index contributed by atoms with van der Waals surface area (Å²) in [7, 11) is 0. The van der Waals surface area contributed by atoms with Gasteiger partial charge in [-0.3, -0.25) is 4.79 Å². The number of carbonyl (C=O) groups is 1. The van der Waals surface area contributed by atoms with Gasteiger partial charge in [-0.05, 0) is 68.6 Å². The first kappa shape index (κ1) is 15.4. The van der Waals surface area contributed by atoms with Crippen molar-refractivity contribution in [2.75, 3.05) is 11.6 Å². The summed E-state index contributed by atoms with van der Waals surface area (Å²) in [4.78, 5) is 13.3. The van der Waals surface area contributed by atoms with Crippen LogP contribution in [-0.4, -0.2) is 18.3 Å². The Morgan fingerprint density at radius 3 is 2.19 bits per heavy atom. The first-order chi connectivity index (χ1) is 10.1. The van der Waals surface area contributed by atoms with Gasteiger partial charge >= 0.3 is 0 Å². The van der Waals surface area contributed by atoms with E-state index in [1.165, 1.54) is 4.90 Å². The molecule has 0 saturated carbocycles. The monoisotopic (exact) mass is 301 g/mol. The average molecular weight is 301 g/mol. The normalized spacial score (nSPS) is 10.5. The molecule has 0 heterocycles. The maximum atomic E-state index is 12.1. The SMILES string of the molecule is CSc1ccc(NC(=O)c2ccc(OC(C)C)cc2)cc1. The van der Waals surface area contributed by atoms with Crippen LogP contribution in [0.3, 0.4) is 0 Å². The number of ether oxygens (including phenoxy) is 1. The smallest absolute Gasteiger partial charge is 0.255 e. The Morgan fingerprint density at radius 2 is 1.67 bits per heavy atom. The van der Waals surface area contributed by atoms with Crippen LogP contribution >= 0.6 is 11.8 Å². The van der Waals surface area contributed by atoms with Crippen molar-refractivity contribution in [2.45, 2.75) is 24.8 Å². The van der Waals surface area contributed by atoms with E-state index in [0.29, 0.717) is 5.56 Å². The molecule has 110 valence electrons. The summed E-state index contributed by atoms with van der Waals surface area (Å²) in [6, 6.07) is 14.9. The Bertz CT molecular complexity index is 591. The molecule has 21 heavy (non-hydrogen) atoms. The summed E-state index contributed by atoms with van der Waals surface area (Å²) in [6.45, 7) is 3.94. The lowest BCUT2D eigenvalue weighted by Crippen LogP contribution is -2.12. The van der Waals surface area contributed by atoms with Crippen LogP contribution in [0.25, 0.3) is 0 Å². The highest BCUT2D eigenvalue weighted by Crippen LogP contribution is 2.19. The number of hydrogen-bond acceptors (Lipinski definition) is 3. The van der Waals surface area contributed by atoms with Gasteiger partial charge in [-0.1, -0.05) is 0 Å². The molecule has 0 fully saturated rings. The lowest BCUT2D eigenvalue weighted by Gasteiger charge is -2.10. The van der Waals surface area contributed by atoms with Crippen molar-refractivity contribution in [3.63, 3.8) is 0 Å². The molecule has 0 aliphatic rings. The minimum absolute atomic E-state index is 0.122. The highest BCUT2D eigenvalue weighted by Gasteiger charge is 2.06. The van der Waals surface area contributed by atoms with Crippen molar-refractivity contribution in [1.82, 2.24) is 0 Å². The molecule has 0 unspecified atom stereocenters. The van der Waals surface area contributed by atoms with Gasteiger partial charge in [0.2, 0.25) is 0 Å². The number of nitrogens with one attached hydrogen (secondary N) is 1. The highest BCUT2D eigenvalue weighted by molar-refractivity contribution is 7.98. The Morgan fingerprint density at radius 1 is 1.05 bits per heavy atom. The van der Waals surface area contributed by atoms with Crippen molar-refractivity contribution in [3.8, 4) is 5.75 Å². The summed E-state index contributed by atoms with van der Waals surface area (Å²) in [5, 5.41) is 2.88. The number of rotatable bonds is 5. The van der Waals surface area contributed by atoms with E-state index in [4.69, 9.17) is 4.74 Å². The second-order valence-electron chi connectivity index (χ2n) is 4.87. The van der Waals surface area contributed by atoms with Crippen molar-refractivity contribution in [2.24, 2.45) is 0 Å². The van der Waals surface area contributed by atoms with Crippen LogP contribution in [0.4, 0.5) is 5.69 Å². The molecule has 0 atom stereocenters. The lowest BCUT2D eigenvalue weighted by molar-refractivity contribution is 0.102. The summed E-state index contributed by atoms with van der Waals surface area (Å²) in [6.07, 6.45) is 2.15. The first-order valence-electron chi connectivity index (χ1n) is 6.80. The van der Waals surface area contributed by atoms with Crippen molar-refractivity contribution in [1.29, 1.82) is 0 Å². The molecular formula is C17H19NO2S. The van der Waals surface area contributed by atoms with Gasteiger partial charge in [-0.15, -0.1) is 11.8 Å². The minimum Gasteiger partial charge on any atom is -0.491 e. The van der Waals surface area contributed by atoms with E-state index in [1.54, 1.807) is 23.9 Å². The van der Waals surface area contributed by atoms with E-state index in [9.17, 15) is 4.79 Å². The molecule has 2 aromatic carbocycles. The molecule has 3 nitrogen and oxygen atoms in total. The van der Waals surface area contributed by atoms with Gasteiger partial charge in [-0.25, -0.2) is 0 Å². The third-order valence-electron chi connectivity index (χ3n) is 2.84. The summed E-state index contributed by atoms with van der Waals surface area (Å²) in [5.74, 6) is 0.647. The number of amides is 1. The minimum atomic E-state index is -0.122. The van der Waals surface area contributed by atoms with Gasteiger partial charge in [0, 0.05) is 16.1 Å². The van der Waals surface area contributed by atoms with Gasteiger partial charge < -0.3 is 10.1 Å². The third kappa shape index (κ3) is 4.53. The summed E-state index contributed by atoms with van der Waals surface area (Å²) in [5.41, 5.74) is 1.40. The van der Waals surface area contributed by atoms with Gasteiger partial charge in [-0.2, -0.15) is 0 Å². The van der Waals surface area contributed by atoms with Crippen LogP contribution in [0.5, 0.6) is 5.75 Å². The molecule has 0 bridgehead atoms. The van der Waals surface area contributed by atoms with E-state index >= 15 is 0 Å². The molecule has 0 aromatic heterocycles. The molecule has 1 N–H and O–H groups in total. The molecule has 0 radical (unpaired) electrons. The fraction of sp³-hybridized carbons (Fsp3) is 0.235. The van der Waals surface area contributed by atoms with Crippen LogP contribution in [-0.2, 0) is 0 Å². The standard InChI is InChI=1S/C17H19NO2S/c1-12(2)20-15-8-4-13(5-9-15)17(19)18-14-6-10-16(21-3)11-7-14/h4-12H,1-3H3,(H,18,19). The number of carbonyl (C=O) groups excluding carboxylic acids is 1. The second-order valence-corrected chi connectivity index (χ2v) is 5.75. The van der Waals surface area contributed by atoms with Crippen molar-refractivity contribution >= 4 is 23.4 Å². The molecule has 0 saturated heterocycles. The maximum Gasteiger partial charge on any atom is 0.255 e. The van der Waals surface area contributed by atoms with Gasteiger partial charge in [0.1, 0.15) is 5.75 Å². The molecule has 0 spiro atoms. The zero-order valence-corrected chi connectivity index (χ0v) is 13.2. The average Bonchev–Trinajstić information content (AvgIpc) is 2.48. The first-order valence-corrected chi connectivity index (χ1v) is 8.03. The Labute approximate surface area is 129 Å². The van der Waals surface area contributed by atoms with E-state index < -0.39 is 0 Å². The number of hydrogen-bond donors (Lipinski definition) is 1. The van der Waals surface area contributed by atoms with Crippen LogP contribution in [0.15, 0.2) is 53.4 Å². The van der Waals surface area contributed by atoms with Crippen molar-refractivity contribution < 1.29 is 9.53 Å². The van der Waals surface area contributed by atoms with Gasteiger partial charge in [0.05, 0.1) is 6.10 Å². The van der Waals surface area contributed by atoms with E-state index in [1.807, 2.05) is 56.5 Å². The fourth-order valence-corrected chi connectivity index (χ4v) is 2.24. The molecule has 0 aliphatic heterocycles.